The van der Waals surface area contributed by atoms with Crippen LogP contribution in [0.25, 0.3) is 11.1 Å². The van der Waals surface area contributed by atoms with Crippen LogP contribution in [0.2, 0.25) is 0 Å². The zero-order chi connectivity index (χ0) is 18.6. The Kier molecular flexibility index (Phi) is 8.32. The molecule has 3 aromatic rings. The molecule has 0 amide bonds. The number of aromatic amines is 1. The van der Waals surface area contributed by atoms with E-state index in [4.69, 9.17) is 9.15 Å². The predicted octanol–water partition coefficient (Wildman–Crippen LogP) is 3.37. The molecule has 1 atom stereocenters. The van der Waals surface area contributed by atoms with Gasteiger partial charge in [0.1, 0.15) is 5.75 Å². The quantitative estimate of drug-likeness (QED) is 0.572. The Hall–Kier alpha value is -2.28. The predicted molar refractivity (Wildman–Crippen MR) is 118 cm³/mol. The zero-order valence-corrected chi connectivity index (χ0v) is 17.4. The van der Waals surface area contributed by atoms with Gasteiger partial charge in [-0.1, -0.05) is 18.2 Å². The lowest BCUT2D eigenvalue weighted by Gasteiger charge is -2.27. The van der Waals surface area contributed by atoms with Crippen LogP contribution in [-0.2, 0) is 12.8 Å². The van der Waals surface area contributed by atoms with Crippen LogP contribution < -0.4 is 15.8 Å². The Morgan fingerprint density at radius 1 is 1.24 bits per heavy atom. The third kappa shape index (κ3) is 5.21. The zero-order valence-electron chi connectivity index (χ0n) is 16.6. The highest BCUT2D eigenvalue weighted by atomic mass is 35.5. The van der Waals surface area contributed by atoms with E-state index in [1.165, 1.54) is 29.5 Å². The van der Waals surface area contributed by atoms with Crippen LogP contribution >= 0.6 is 12.4 Å². The van der Waals surface area contributed by atoms with Crippen molar-refractivity contribution < 1.29 is 14.6 Å². The Morgan fingerprint density at radius 3 is 2.93 bits per heavy atom. The molecule has 0 fully saturated rings. The maximum Gasteiger partial charge on any atom is 0.417 e. The number of H-pyrrole nitrogens is 1. The summed E-state index contributed by atoms with van der Waals surface area (Å²) in [6.45, 7) is 1.92. The molecule has 2 aromatic carbocycles. The number of rotatable bonds is 7. The number of halogens is 1. The number of fused-ring (bicyclic) bond motifs is 2. The molecule has 1 aliphatic carbocycles. The summed E-state index contributed by atoms with van der Waals surface area (Å²) in [4.78, 5) is 13.9. The molecule has 0 saturated heterocycles. The highest BCUT2D eigenvalue weighted by molar-refractivity contribution is 5.85. The summed E-state index contributed by atoms with van der Waals surface area (Å²) in [5.41, 5.74) is 5.42. The minimum atomic E-state index is -0.398. The van der Waals surface area contributed by atoms with Crippen LogP contribution in [0.15, 0.2) is 45.6 Å². The van der Waals surface area contributed by atoms with Crippen molar-refractivity contribution in [1.82, 2.24) is 10.3 Å². The monoisotopic (exact) mass is 420 g/mol. The van der Waals surface area contributed by atoms with Gasteiger partial charge in [-0.2, -0.15) is 0 Å². The number of benzene rings is 2. The molecule has 1 aliphatic rings. The van der Waals surface area contributed by atoms with Crippen LogP contribution in [0, 0.1) is 0 Å². The van der Waals surface area contributed by atoms with Crippen molar-refractivity contribution in [3.8, 4) is 5.75 Å². The van der Waals surface area contributed by atoms with Gasteiger partial charge in [-0.3, -0.25) is 4.98 Å². The third-order valence-electron chi connectivity index (χ3n) is 5.55. The lowest BCUT2D eigenvalue weighted by molar-refractivity contribution is 0.401. The number of aromatic nitrogens is 1. The molecule has 1 heterocycles. The highest BCUT2D eigenvalue weighted by Gasteiger charge is 2.22. The van der Waals surface area contributed by atoms with Gasteiger partial charge in [0.15, 0.2) is 5.58 Å². The van der Waals surface area contributed by atoms with Crippen molar-refractivity contribution in [2.75, 3.05) is 20.2 Å². The number of oxazole rings is 1. The molecule has 1 aromatic heterocycles. The Labute approximate surface area is 176 Å². The SMILES string of the molecule is COc1cccc2c1CCCC2CCNCCc1ccc2[nH]c(=O)oc2c1.Cl.O. The molecular formula is C22H29ClN2O4. The Morgan fingerprint density at radius 2 is 2.10 bits per heavy atom. The van der Waals surface area contributed by atoms with Gasteiger partial charge in [0.05, 0.1) is 12.6 Å². The van der Waals surface area contributed by atoms with E-state index in [2.05, 4.69) is 28.5 Å². The molecule has 0 aliphatic heterocycles. The van der Waals surface area contributed by atoms with Gasteiger partial charge in [0.25, 0.3) is 0 Å². The lowest BCUT2D eigenvalue weighted by Crippen LogP contribution is -2.22. The topological polar surface area (TPSA) is 98.8 Å². The standard InChI is InChI=1S/C22H26N2O3.ClH.H2O/c1-26-20-7-3-5-17-16(4-2-6-18(17)20)11-13-23-12-10-15-8-9-19-21(14-15)27-22(25)24-19;;/h3,5,7-9,14,16,23H,2,4,6,10-13H2,1H3,(H,24,25);1H;1H2. The molecule has 6 nitrogen and oxygen atoms in total. The second kappa shape index (κ2) is 10.5. The number of nitrogens with one attached hydrogen (secondary N) is 2. The van der Waals surface area contributed by atoms with E-state index in [1.807, 2.05) is 18.2 Å². The fourth-order valence-electron chi connectivity index (χ4n) is 4.18. The molecule has 4 N–H and O–H groups in total. The largest absolute Gasteiger partial charge is 0.496 e. The first-order valence-electron chi connectivity index (χ1n) is 9.73. The number of methoxy groups -OCH3 is 1. The van der Waals surface area contributed by atoms with Gasteiger partial charge in [-0.25, -0.2) is 4.79 Å². The van der Waals surface area contributed by atoms with Gasteiger partial charge in [0, 0.05) is 0 Å². The van der Waals surface area contributed by atoms with Gasteiger partial charge >= 0.3 is 5.76 Å². The van der Waals surface area contributed by atoms with E-state index in [9.17, 15) is 4.79 Å². The molecule has 0 spiro atoms. The van der Waals surface area contributed by atoms with Crippen LogP contribution in [0.1, 0.15) is 41.9 Å². The van der Waals surface area contributed by atoms with Gasteiger partial charge in [-0.05, 0) is 86.0 Å². The second-order valence-electron chi connectivity index (χ2n) is 7.25. The summed E-state index contributed by atoms with van der Waals surface area (Å²) in [7, 11) is 1.76. The molecule has 1 unspecified atom stereocenters. The summed E-state index contributed by atoms with van der Waals surface area (Å²) in [6.07, 6.45) is 5.68. The van der Waals surface area contributed by atoms with Crippen molar-refractivity contribution in [2.24, 2.45) is 0 Å². The fraction of sp³-hybridized carbons (Fsp3) is 0.409. The molecular weight excluding hydrogens is 392 g/mol. The Bertz CT molecular complexity index is 982. The van der Waals surface area contributed by atoms with Gasteiger partial charge in [0.2, 0.25) is 0 Å². The number of hydrogen-bond acceptors (Lipinski definition) is 4. The minimum Gasteiger partial charge on any atom is -0.496 e. The molecule has 158 valence electrons. The maximum absolute atomic E-state index is 11.2. The first-order valence-corrected chi connectivity index (χ1v) is 9.73. The van der Waals surface area contributed by atoms with Crippen LogP contribution in [0.3, 0.4) is 0 Å². The van der Waals surface area contributed by atoms with E-state index in [-0.39, 0.29) is 17.9 Å². The van der Waals surface area contributed by atoms with E-state index in [0.29, 0.717) is 11.5 Å². The summed E-state index contributed by atoms with van der Waals surface area (Å²) >= 11 is 0. The van der Waals surface area contributed by atoms with Crippen molar-refractivity contribution >= 4 is 23.5 Å². The van der Waals surface area contributed by atoms with E-state index >= 15 is 0 Å². The van der Waals surface area contributed by atoms with Crippen molar-refractivity contribution in [2.45, 2.75) is 38.0 Å². The summed E-state index contributed by atoms with van der Waals surface area (Å²) in [5.74, 6) is 1.25. The molecule has 0 saturated carbocycles. The number of hydrogen-bond donors (Lipinski definition) is 2. The summed E-state index contributed by atoms with van der Waals surface area (Å²) < 4.78 is 10.7. The third-order valence-corrected chi connectivity index (χ3v) is 5.55. The minimum absolute atomic E-state index is 0. The van der Waals surface area contributed by atoms with E-state index < -0.39 is 5.76 Å². The Balaban J connectivity index is 0.00000150. The van der Waals surface area contributed by atoms with Crippen LogP contribution in [-0.4, -0.2) is 30.7 Å². The average molecular weight is 421 g/mol. The molecule has 29 heavy (non-hydrogen) atoms. The van der Waals surface area contributed by atoms with Crippen molar-refractivity contribution in [3.63, 3.8) is 0 Å². The molecule has 0 radical (unpaired) electrons. The van der Waals surface area contributed by atoms with Crippen LogP contribution in [0.4, 0.5) is 0 Å². The first kappa shape index (κ1) is 23.0. The van der Waals surface area contributed by atoms with E-state index in [0.717, 1.165) is 43.6 Å². The molecule has 0 bridgehead atoms. The van der Waals surface area contributed by atoms with Gasteiger partial charge < -0.3 is 19.9 Å². The van der Waals surface area contributed by atoms with Crippen molar-refractivity contribution in [1.29, 1.82) is 0 Å². The summed E-state index contributed by atoms with van der Waals surface area (Å²) in [6, 6.07) is 12.3. The smallest absolute Gasteiger partial charge is 0.417 e. The van der Waals surface area contributed by atoms with Crippen molar-refractivity contribution in [3.05, 3.63) is 63.6 Å². The van der Waals surface area contributed by atoms with Crippen LogP contribution in [0.5, 0.6) is 5.75 Å². The molecule has 7 heteroatoms. The van der Waals surface area contributed by atoms with E-state index in [1.54, 1.807) is 7.11 Å². The molecule has 4 rings (SSSR count). The second-order valence-corrected chi connectivity index (χ2v) is 7.25. The average Bonchev–Trinajstić information content (AvgIpc) is 3.06. The number of ether oxygens (including phenoxy) is 1. The highest BCUT2D eigenvalue weighted by Crippen LogP contribution is 2.38. The van der Waals surface area contributed by atoms with Gasteiger partial charge in [-0.15, -0.1) is 12.4 Å². The normalized spacial score (nSPS) is 15.3. The lowest BCUT2D eigenvalue weighted by atomic mass is 9.80. The first-order chi connectivity index (χ1) is 13.2. The fourth-order valence-corrected chi connectivity index (χ4v) is 4.18. The maximum atomic E-state index is 11.2. The summed E-state index contributed by atoms with van der Waals surface area (Å²) in [5, 5.41) is 3.56.